The van der Waals surface area contributed by atoms with E-state index in [1.54, 1.807) is 6.07 Å². The molecule has 0 bridgehead atoms. The summed E-state index contributed by atoms with van der Waals surface area (Å²) in [5, 5.41) is 0. The monoisotopic (exact) mass is 267 g/mol. The van der Waals surface area contributed by atoms with E-state index in [1.807, 2.05) is 0 Å². The second-order valence-electron chi connectivity index (χ2n) is 2.12. The third kappa shape index (κ3) is 2.98. The van der Waals surface area contributed by atoms with Crippen LogP contribution in [0.5, 0.6) is 0 Å². The van der Waals surface area contributed by atoms with Crippen LogP contribution < -0.4 is 26.9 Å². The molecule has 0 aliphatic carbocycles. The van der Waals surface area contributed by atoms with Gasteiger partial charge in [0.2, 0.25) is 0 Å². The van der Waals surface area contributed by atoms with E-state index < -0.39 is 0 Å². The maximum atomic E-state index is 12.5. The van der Waals surface area contributed by atoms with Crippen molar-refractivity contribution in [2.24, 2.45) is 5.73 Å². The summed E-state index contributed by atoms with van der Waals surface area (Å²) >= 11 is 1.03. The minimum absolute atomic E-state index is 0. The maximum absolute atomic E-state index is 12.5. The second-order valence-corrected chi connectivity index (χ2v) is 3.72. The SMILES string of the molecule is NCc1cc(F)cc[c]1[Zn+].[Br-]. The normalized spacial score (nSPS) is 9.09. The second kappa shape index (κ2) is 4.97. The van der Waals surface area contributed by atoms with Gasteiger partial charge in [0, 0.05) is 0 Å². The average molecular weight is 269 g/mol. The number of benzene rings is 1. The topological polar surface area (TPSA) is 26.0 Å². The smallest absolute Gasteiger partial charge is 1.00 e. The Labute approximate surface area is 85.6 Å². The molecular formula is C7H7BrFNZn. The van der Waals surface area contributed by atoms with Gasteiger partial charge in [0.25, 0.3) is 0 Å². The van der Waals surface area contributed by atoms with Crippen LogP contribution in [0.2, 0.25) is 0 Å². The van der Waals surface area contributed by atoms with E-state index in [-0.39, 0.29) is 22.8 Å². The van der Waals surface area contributed by atoms with Crippen molar-refractivity contribution in [3.63, 3.8) is 0 Å². The molecule has 0 aliphatic rings. The van der Waals surface area contributed by atoms with Crippen LogP contribution in [0.1, 0.15) is 5.56 Å². The Morgan fingerprint density at radius 1 is 1.45 bits per heavy atom. The van der Waals surface area contributed by atoms with Crippen LogP contribution in [-0.4, -0.2) is 0 Å². The quantitative estimate of drug-likeness (QED) is 0.559. The van der Waals surface area contributed by atoms with Crippen LogP contribution in [0, 0.1) is 5.82 Å². The molecule has 0 aliphatic heterocycles. The first-order valence-corrected chi connectivity index (χ1v) is 4.53. The van der Waals surface area contributed by atoms with Crippen LogP contribution in [-0.2, 0) is 24.8 Å². The Hall–Kier alpha value is 0.213. The predicted octanol–water partition coefficient (Wildman–Crippen LogP) is -2.54. The number of hydrogen-bond donors (Lipinski definition) is 1. The summed E-state index contributed by atoms with van der Waals surface area (Å²) in [6, 6.07) is 4.76. The van der Waals surface area contributed by atoms with E-state index in [0.717, 1.165) is 23.9 Å². The molecule has 1 rings (SSSR count). The van der Waals surface area contributed by atoms with Crippen molar-refractivity contribution in [2.75, 3.05) is 0 Å². The van der Waals surface area contributed by atoms with Crippen molar-refractivity contribution in [1.29, 1.82) is 0 Å². The summed E-state index contributed by atoms with van der Waals surface area (Å²) in [5.41, 5.74) is 6.30. The van der Waals surface area contributed by atoms with Crippen molar-refractivity contribution in [3.8, 4) is 0 Å². The summed E-state index contributed by atoms with van der Waals surface area (Å²) in [5.74, 6) is -0.197. The zero-order chi connectivity index (χ0) is 7.56. The average Bonchev–Trinajstić information content (AvgIpc) is 1.94. The minimum Gasteiger partial charge on any atom is -1.00 e. The third-order valence-corrected chi connectivity index (χ3v) is 2.84. The zero-order valence-electron chi connectivity index (χ0n) is 5.98. The molecule has 0 saturated heterocycles. The first-order chi connectivity index (χ1) is 4.74. The fraction of sp³-hybridized carbons (Fsp3) is 0.143. The molecule has 1 nitrogen and oxygen atoms in total. The third-order valence-electron chi connectivity index (χ3n) is 1.39. The Morgan fingerprint density at radius 3 is 2.55 bits per heavy atom. The number of nitrogens with two attached hydrogens (primary N) is 1. The molecule has 0 heterocycles. The van der Waals surface area contributed by atoms with Crippen molar-refractivity contribution < 1.29 is 39.7 Å². The Kier molecular flexibility index (Phi) is 5.06. The predicted molar refractivity (Wildman–Crippen MR) is 33.9 cm³/mol. The van der Waals surface area contributed by atoms with Gasteiger partial charge in [-0.1, -0.05) is 0 Å². The van der Waals surface area contributed by atoms with Crippen LogP contribution in [0.4, 0.5) is 4.39 Å². The fourth-order valence-corrected chi connectivity index (χ4v) is 1.55. The summed E-state index contributed by atoms with van der Waals surface area (Å²) in [6.07, 6.45) is 0. The van der Waals surface area contributed by atoms with Gasteiger partial charge in [-0.3, -0.25) is 0 Å². The summed E-state index contributed by atoms with van der Waals surface area (Å²) < 4.78 is 13.7. The number of halogens is 2. The Bertz CT molecular complexity index is 242. The van der Waals surface area contributed by atoms with E-state index in [1.165, 1.54) is 16.3 Å². The zero-order valence-corrected chi connectivity index (χ0v) is 10.5. The molecule has 0 spiro atoms. The molecule has 4 heteroatoms. The van der Waals surface area contributed by atoms with E-state index >= 15 is 0 Å². The van der Waals surface area contributed by atoms with Crippen LogP contribution in [0.3, 0.4) is 0 Å². The molecule has 0 fully saturated rings. The molecule has 0 saturated carbocycles. The Balaban J connectivity index is 0.000001000. The van der Waals surface area contributed by atoms with Gasteiger partial charge in [0.05, 0.1) is 0 Å². The summed E-state index contributed by atoms with van der Waals surface area (Å²) in [4.78, 5) is 0. The molecule has 0 aromatic heterocycles. The first kappa shape index (κ1) is 11.2. The van der Waals surface area contributed by atoms with E-state index in [9.17, 15) is 4.39 Å². The minimum atomic E-state index is -0.197. The molecule has 0 unspecified atom stereocenters. The molecule has 0 radical (unpaired) electrons. The van der Waals surface area contributed by atoms with Gasteiger partial charge < -0.3 is 17.0 Å². The molecule has 2 N–H and O–H groups in total. The molecule has 0 atom stereocenters. The molecule has 11 heavy (non-hydrogen) atoms. The van der Waals surface area contributed by atoms with Crippen LogP contribution in [0.15, 0.2) is 18.2 Å². The van der Waals surface area contributed by atoms with E-state index in [0.29, 0.717) is 6.54 Å². The van der Waals surface area contributed by atoms with Gasteiger partial charge in [-0.05, 0) is 0 Å². The van der Waals surface area contributed by atoms with E-state index in [4.69, 9.17) is 5.73 Å². The molecule has 0 amide bonds. The molecule has 1 aromatic rings. The van der Waals surface area contributed by atoms with Gasteiger partial charge in [0.15, 0.2) is 0 Å². The molecular weight excluding hydrogens is 262 g/mol. The van der Waals surface area contributed by atoms with Gasteiger partial charge in [-0.2, -0.15) is 0 Å². The molecule has 56 valence electrons. The first-order valence-electron chi connectivity index (χ1n) is 3.04. The number of rotatable bonds is 1. The largest absolute Gasteiger partial charge is 1.00 e. The van der Waals surface area contributed by atoms with Crippen molar-refractivity contribution in [3.05, 3.63) is 29.6 Å². The van der Waals surface area contributed by atoms with Crippen molar-refractivity contribution in [2.45, 2.75) is 6.54 Å². The van der Waals surface area contributed by atoms with Crippen molar-refractivity contribution >= 4 is 4.16 Å². The van der Waals surface area contributed by atoms with Gasteiger partial charge in [-0.15, -0.1) is 0 Å². The van der Waals surface area contributed by atoms with Crippen LogP contribution in [0.25, 0.3) is 0 Å². The standard InChI is InChI=1S/C7H7FN.BrH.Zn/c8-7-3-1-2-6(4-7)5-9;;/h1,3-4H,5,9H2;1H;/q;;+1/p-1. The number of hydrogen-bond acceptors (Lipinski definition) is 1. The Morgan fingerprint density at radius 2 is 2.09 bits per heavy atom. The van der Waals surface area contributed by atoms with E-state index in [2.05, 4.69) is 0 Å². The molecule has 1 aromatic carbocycles. The van der Waals surface area contributed by atoms with Crippen molar-refractivity contribution in [1.82, 2.24) is 0 Å². The summed E-state index contributed by atoms with van der Waals surface area (Å²) in [7, 11) is 0. The van der Waals surface area contributed by atoms with Gasteiger partial charge >= 0.3 is 68.7 Å². The van der Waals surface area contributed by atoms with Gasteiger partial charge in [0.1, 0.15) is 0 Å². The van der Waals surface area contributed by atoms with Crippen LogP contribution >= 0.6 is 0 Å². The summed E-state index contributed by atoms with van der Waals surface area (Å²) in [6.45, 7) is 0.438. The maximum Gasteiger partial charge on any atom is -1.00 e. The fourth-order valence-electron chi connectivity index (χ4n) is 0.785. The van der Waals surface area contributed by atoms with Gasteiger partial charge in [-0.25, -0.2) is 0 Å².